The van der Waals surface area contributed by atoms with Gasteiger partial charge in [0.05, 0.1) is 0 Å². The number of rotatable bonds is 5. The van der Waals surface area contributed by atoms with E-state index in [4.69, 9.17) is 0 Å². The second kappa shape index (κ2) is 6.83. The van der Waals surface area contributed by atoms with Crippen LogP contribution in [0.15, 0.2) is 47.1 Å². The van der Waals surface area contributed by atoms with Gasteiger partial charge in [-0.1, -0.05) is 29.8 Å². The van der Waals surface area contributed by atoms with Crippen LogP contribution >= 0.6 is 15.9 Å². The summed E-state index contributed by atoms with van der Waals surface area (Å²) in [6.07, 6.45) is 3.49. The van der Waals surface area contributed by atoms with Crippen molar-refractivity contribution in [3.8, 4) is 0 Å². The Labute approximate surface area is 122 Å². The average molecular weight is 320 g/mol. The smallest absolute Gasteiger partial charge is 0.0466 e. The zero-order valence-corrected chi connectivity index (χ0v) is 12.6. The predicted octanol–water partition coefficient (Wildman–Crippen LogP) is 3.55. The van der Waals surface area contributed by atoms with Gasteiger partial charge in [-0.3, -0.25) is 4.98 Å². The second-order valence-corrected chi connectivity index (χ2v) is 5.83. The van der Waals surface area contributed by atoms with Crippen molar-refractivity contribution in [2.75, 3.05) is 6.61 Å². The molecule has 2 rings (SSSR count). The molecular weight excluding hydrogens is 302 g/mol. The van der Waals surface area contributed by atoms with E-state index in [1.54, 1.807) is 6.20 Å². The van der Waals surface area contributed by atoms with Crippen molar-refractivity contribution in [1.29, 1.82) is 0 Å². The van der Waals surface area contributed by atoms with Gasteiger partial charge in [-0.15, -0.1) is 0 Å². The highest BCUT2D eigenvalue weighted by molar-refractivity contribution is 9.10. The Morgan fingerprint density at radius 2 is 1.84 bits per heavy atom. The molecule has 0 spiro atoms. The molecular formula is C16H18BrNO. The maximum Gasteiger partial charge on any atom is 0.0466 e. The van der Waals surface area contributed by atoms with Gasteiger partial charge in [0, 0.05) is 23.0 Å². The number of aliphatic hydroxyl groups is 1. The van der Waals surface area contributed by atoms with Crippen LogP contribution in [0.3, 0.4) is 0 Å². The van der Waals surface area contributed by atoms with Gasteiger partial charge in [-0.25, -0.2) is 0 Å². The zero-order chi connectivity index (χ0) is 13.7. The second-order valence-electron chi connectivity index (χ2n) is 4.91. The van der Waals surface area contributed by atoms with Crippen LogP contribution in [-0.2, 0) is 12.8 Å². The Hall–Kier alpha value is -1.19. The Kier molecular flexibility index (Phi) is 5.11. The highest BCUT2D eigenvalue weighted by atomic mass is 79.9. The molecule has 19 heavy (non-hydrogen) atoms. The van der Waals surface area contributed by atoms with Crippen molar-refractivity contribution in [1.82, 2.24) is 4.98 Å². The van der Waals surface area contributed by atoms with Crippen molar-refractivity contribution in [3.05, 3.63) is 63.9 Å². The van der Waals surface area contributed by atoms with Crippen molar-refractivity contribution >= 4 is 15.9 Å². The van der Waals surface area contributed by atoms with E-state index in [1.165, 1.54) is 11.1 Å². The topological polar surface area (TPSA) is 33.1 Å². The molecule has 1 unspecified atom stereocenters. The third kappa shape index (κ3) is 4.44. The van der Waals surface area contributed by atoms with E-state index >= 15 is 0 Å². The Bertz CT molecular complexity index is 460. The molecule has 0 aliphatic carbocycles. The third-order valence-corrected chi connectivity index (χ3v) is 3.66. The quantitative estimate of drug-likeness (QED) is 0.914. The van der Waals surface area contributed by atoms with Crippen LogP contribution in [0.5, 0.6) is 0 Å². The fraction of sp³-hybridized carbons (Fsp3) is 0.312. The number of halogens is 1. The molecule has 0 aliphatic heterocycles. The summed E-state index contributed by atoms with van der Waals surface area (Å²) in [5.41, 5.74) is 3.55. The lowest BCUT2D eigenvalue weighted by atomic mass is 9.95. The van der Waals surface area contributed by atoms with E-state index < -0.39 is 0 Å². The molecule has 1 heterocycles. The number of nitrogens with zero attached hydrogens (tertiary/aromatic N) is 1. The lowest BCUT2D eigenvalue weighted by molar-refractivity contribution is 0.224. The number of pyridine rings is 1. The minimum Gasteiger partial charge on any atom is -0.396 e. The number of aryl methyl sites for hydroxylation is 1. The van der Waals surface area contributed by atoms with Crippen LogP contribution in [0.2, 0.25) is 0 Å². The molecule has 0 saturated carbocycles. The van der Waals surface area contributed by atoms with Gasteiger partial charge in [-0.05, 0) is 59.3 Å². The van der Waals surface area contributed by atoms with Crippen molar-refractivity contribution in [3.63, 3.8) is 0 Å². The highest BCUT2D eigenvalue weighted by Crippen LogP contribution is 2.15. The molecule has 1 N–H and O–H groups in total. The minimum absolute atomic E-state index is 0.186. The maximum absolute atomic E-state index is 9.52. The lowest BCUT2D eigenvalue weighted by Gasteiger charge is -2.14. The fourth-order valence-electron chi connectivity index (χ4n) is 2.08. The van der Waals surface area contributed by atoms with Crippen LogP contribution in [-0.4, -0.2) is 16.7 Å². The van der Waals surface area contributed by atoms with Crippen LogP contribution in [0, 0.1) is 12.8 Å². The molecule has 1 atom stereocenters. The number of aromatic nitrogens is 1. The Balaban J connectivity index is 2.00. The van der Waals surface area contributed by atoms with Crippen LogP contribution in [0.1, 0.15) is 16.8 Å². The average Bonchev–Trinajstić information content (AvgIpc) is 2.43. The van der Waals surface area contributed by atoms with E-state index in [-0.39, 0.29) is 12.5 Å². The van der Waals surface area contributed by atoms with Gasteiger partial charge in [-0.2, -0.15) is 0 Å². The fourth-order valence-corrected chi connectivity index (χ4v) is 2.32. The third-order valence-electron chi connectivity index (χ3n) is 3.19. The Morgan fingerprint density at radius 1 is 1.11 bits per heavy atom. The van der Waals surface area contributed by atoms with Crippen LogP contribution in [0.25, 0.3) is 0 Å². The molecule has 2 aromatic rings. The SMILES string of the molecule is Cc1ccc(CC(CO)Cc2ccc(Br)cn2)cc1. The first-order chi connectivity index (χ1) is 9.17. The lowest BCUT2D eigenvalue weighted by Crippen LogP contribution is -2.13. The highest BCUT2D eigenvalue weighted by Gasteiger charge is 2.10. The maximum atomic E-state index is 9.52. The van der Waals surface area contributed by atoms with E-state index in [9.17, 15) is 5.11 Å². The standard InChI is InChI=1S/C16H18BrNO/c1-12-2-4-13(5-3-12)8-14(11-19)9-16-7-6-15(17)10-18-16/h2-7,10,14,19H,8-9,11H2,1H3. The summed E-state index contributed by atoms with van der Waals surface area (Å²) in [5, 5.41) is 9.52. The molecule has 2 nitrogen and oxygen atoms in total. The molecule has 0 bridgehead atoms. The summed E-state index contributed by atoms with van der Waals surface area (Å²) < 4.78 is 0.982. The van der Waals surface area contributed by atoms with Crippen LogP contribution < -0.4 is 0 Å². The normalized spacial score (nSPS) is 12.4. The number of aliphatic hydroxyl groups excluding tert-OH is 1. The number of hydrogen-bond acceptors (Lipinski definition) is 2. The van der Waals surface area contributed by atoms with E-state index in [0.717, 1.165) is 23.0 Å². The first kappa shape index (κ1) is 14.2. The summed E-state index contributed by atoms with van der Waals surface area (Å²) in [6, 6.07) is 12.5. The molecule has 0 saturated heterocycles. The summed E-state index contributed by atoms with van der Waals surface area (Å²) in [4.78, 5) is 4.36. The van der Waals surface area contributed by atoms with Crippen LogP contribution in [0.4, 0.5) is 0 Å². The summed E-state index contributed by atoms with van der Waals surface area (Å²) >= 11 is 3.38. The molecule has 0 fully saturated rings. The van der Waals surface area contributed by atoms with Gasteiger partial charge in [0.1, 0.15) is 0 Å². The minimum atomic E-state index is 0.186. The van der Waals surface area contributed by atoms with E-state index in [2.05, 4.69) is 52.1 Å². The van der Waals surface area contributed by atoms with Gasteiger partial charge >= 0.3 is 0 Å². The van der Waals surface area contributed by atoms with Crippen molar-refractivity contribution in [2.24, 2.45) is 5.92 Å². The van der Waals surface area contributed by atoms with Gasteiger partial charge in [0.25, 0.3) is 0 Å². The first-order valence-corrected chi connectivity index (χ1v) is 7.23. The molecule has 0 aliphatic rings. The van der Waals surface area contributed by atoms with E-state index in [0.29, 0.717) is 0 Å². The molecule has 100 valence electrons. The summed E-state index contributed by atoms with van der Waals surface area (Å²) in [5.74, 6) is 0.219. The van der Waals surface area contributed by atoms with Gasteiger partial charge in [0.2, 0.25) is 0 Å². The molecule has 3 heteroatoms. The molecule has 0 radical (unpaired) electrons. The Morgan fingerprint density at radius 3 is 2.42 bits per heavy atom. The van der Waals surface area contributed by atoms with Gasteiger partial charge < -0.3 is 5.11 Å². The largest absolute Gasteiger partial charge is 0.396 e. The first-order valence-electron chi connectivity index (χ1n) is 6.44. The molecule has 1 aromatic heterocycles. The number of benzene rings is 1. The molecule has 1 aromatic carbocycles. The zero-order valence-electron chi connectivity index (χ0n) is 11.0. The molecule has 0 amide bonds. The monoisotopic (exact) mass is 319 g/mol. The summed E-state index contributed by atoms with van der Waals surface area (Å²) in [7, 11) is 0. The van der Waals surface area contributed by atoms with Gasteiger partial charge in [0.15, 0.2) is 0 Å². The van der Waals surface area contributed by atoms with Crippen molar-refractivity contribution in [2.45, 2.75) is 19.8 Å². The van der Waals surface area contributed by atoms with E-state index in [1.807, 2.05) is 12.1 Å². The summed E-state index contributed by atoms with van der Waals surface area (Å²) in [6.45, 7) is 2.27. The van der Waals surface area contributed by atoms with Crippen molar-refractivity contribution < 1.29 is 5.11 Å². The number of hydrogen-bond donors (Lipinski definition) is 1. The predicted molar refractivity (Wildman–Crippen MR) is 81.1 cm³/mol.